The second-order valence-electron chi connectivity index (χ2n) is 6.54. The summed E-state index contributed by atoms with van der Waals surface area (Å²) in [5, 5.41) is 3.99. The fourth-order valence-electron chi connectivity index (χ4n) is 2.94. The highest BCUT2D eigenvalue weighted by molar-refractivity contribution is 7.99. The summed E-state index contributed by atoms with van der Waals surface area (Å²) in [4.78, 5) is 28.9. The molecule has 0 saturated carbocycles. The van der Waals surface area contributed by atoms with Crippen LogP contribution in [0.3, 0.4) is 0 Å². The first kappa shape index (κ1) is 20.2. The highest BCUT2D eigenvalue weighted by Gasteiger charge is 2.10. The topological polar surface area (TPSA) is 72.2 Å². The lowest BCUT2D eigenvalue weighted by molar-refractivity contribution is -0.113. The van der Waals surface area contributed by atoms with Crippen molar-refractivity contribution in [2.45, 2.75) is 5.75 Å². The largest absolute Gasteiger partial charge is 0.403 e. The lowest BCUT2D eigenvalue weighted by atomic mass is 10.2. The minimum absolute atomic E-state index is 0.128. The van der Waals surface area contributed by atoms with Gasteiger partial charge in [0.05, 0.1) is 16.7 Å². The van der Waals surface area contributed by atoms with Crippen molar-refractivity contribution < 1.29 is 9.21 Å². The molecule has 1 N–H and O–H groups in total. The molecule has 0 aliphatic rings. The van der Waals surface area contributed by atoms with Crippen molar-refractivity contribution >= 4 is 45.9 Å². The molecule has 0 aliphatic carbocycles. The molecule has 0 fully saturated rings. The van der Waals surface area contributed by atoms with Gasteiger partial charge in [0.1, 0.15) is 0 Å². The number of carbonyl (C=O) groups excluding carboxylic acids is 1. The standard InChI is InChI=1S/C23H17ClN2O3S/c24-19-10-3-1-6-16(19)13-30-14-21(27)25-17-8-5-7-15(12-17)22-26-20-11-4-2-9-18(20)23(28)29-22/h1-12H,13-14H2,(H,25,27). The molecule has 0 bridgehead atoms. The maximum Gasteiger partial charge on any atom is 0.347 e. The Morgan fingerprint density at radius 2 is 1.83 bits per heavy atom. The van der Waals surface area contributed by atoms with E-state index < -0.39 is 5.63 Å². The maximum atomic E-state index is 12.3. The molecule has 0 atom stereocenters. The Labute approximate surface area is 182 Å². The van der Waals surface area contributed by atoms with E-state index >= 15 is 0 Å². The SMILES string of the molecule is O=C(CSCc1ccccc1Cl)Nc1cccc(-c2nc3ccccc3c(=O)o2)c1. The van der Waals surface area contributed by atoms with Gasteiger partial charge in [0.15, 0.2) is 0 Å². The summed E-state index contributed by atoms with van der Waals surface area (Å²) in [6.45, 7) is 0. The second kappa shape index (κ2) is 9.15. The zero-order valence-electron chi connectivity index (χ0n) is 15.8. The molecule has 1 heterocycles. The Bertz CT molecular complexity index is 1270. The van der Waals surface area contributed by atoms with Gasteiger partial charge in [-0.2, -0.15) is 0 Å². The zero-order valence-corrected chi connectivity index (χ0v) is 17.4. The fraction of sp³-hybridized carbons (Fsp3) is 0.0870. The summed E-state index contributed by atoms with van der Waals surface area (Å²) in [5.41, 5.74) is 2.33. The normalized spacial score (nSPS) is 10.8. The van der Waals surface area contributed by atoms with Crippen LogP contribution in [0.15, 0.2) is 82.0 Å². The molecule has 150 valence electrons. The number of carbonyl (C=O) groups is 1. The summed E-state index contributed by atoms with van der Waals surface area (Å²) in [6.07, 6.45) is 0. The Balaban J connectivity index is 1.44. The first-order valence-corrected chi connectivity index (χ1v) is 10.7. The number of hydrogen-bond donors (Lipinski definition) is 1. The highest BCUT2D eigenvalue weighted by atomic mass is 35.5. The minimum atomic E-state index is -0.444. The van der Waals surface area contributed by atoms with E-state index in [0.29, 0.717) is 38.7 Å². The van der Waals surface area contributed by atoms with Gasteiger partial charge < -0.3 is 9.73 Å². The first-order chi connectivity index (χ1) is 14.6. The summed E-state index contributed by atoms with van der Waals surface area (Å²) in [5.74, 6) is 1.03. The lowest BCUT2D eigenvalue weighted by Gasteiger charge is -2.08. The third kappa shape index (κ3) is 4.72. The average molecular weight is 437 g/mol. The van der Waals surface area contributed by atoms with Crippen LogP contribution < -0.4 is 10.9 Å². The number of thioether (sulfide) groups is 1. The van der Waals surface area contributed by atoms with Gasteiger partial charge in [-0.15, -0.1) is 11.8 Å². The molecule has 0 aliphatic heterocycles. The Morgan fingerprint density at radius 3 is 2.70 bits per heavy atom. The fourth-order valence-corrected chi connectivity index (χ4v) is 4.05. The van der Waals surface area contributed by atoms with Crippen LogP contribution in [0.4, 0.5) is 5.69 Å². The van der Waals surface area contributed by atoms with Crippen molar-refractivity contribution in [1.82, 2.24) is 4.98 Å². The average Bonchev–Trinajstić information content (AvgIpc) is 2.75. The van der Waals surface area contributed by atoms with Crippen LogP contribution in [0, 0.1) is 0 Å². The van der Waals surface area contributed by atoms with Crippen LogP contribution in [0.25, 0.3) is 22.4 Å². The summed E-state index contributed by atoms with van der Waals surface area (Å²) in [7, 11) is 0. The van der Waals surface area contributed by atoms with Crippen LogP contribution in [-0.2, 0) is 10.5 Å². The molecule has 1 aromatic heterocycles. The molecular formula is C23H17ClN2O3S. The van der Waals surface area contributed by atoms with Crippen LogP contribution in [0.5, 0.6) is 0 Å². The molecule has 30 heavy (non-hydrogen) atoms. The van der Waals surface area contributed by atoms with Gasteiger partial charge in [0.25, 0.3) is 0 Å². The van der Waals surface area contributed by atoms with Crippen molar-refractivity contribution in [2.24, 2.45) is 0 Å². The van der Waals surface area contributed by atoms with Gasteiger partial charge in [-0.25, -0.2) is 9.78 Å². The van der Waals surface area contributed by atoms with Gasteiger partial charge in [0, 0.05) is 22.0 Å². The van der Waals surface area contributed by atoms with Crippen molar-refractivity contribution in [3.8, 4) is 11.5 Å². The Morgan fingerprint density at radius 1 is 1.03 bits per heavy atom. The molecule has 0 unspecified atom stereocenters. The van der Waals surface area contributed by atoms with E-state index in [2.05, 4.69) is 10.3 Å². The van der Waals surface area contributed by atoms with Crippen LogP contribution in [0.2, 0.25) is 5.02 Å². The number of rotatable bonds is 6. The molecule has 0 saturated heterocycles. The second-order valence-corrected chi connectivity index (χ2v) is 7.93. The number of halogens is 1. The highest BCUT2D eigenvalue weighted by Crippen LogP contribution is 2.23. The van der Waals surface area contributed by atoms with Crippen molar-refractivity contribution in [2.75, 3.05) is 11.1 Å². The number of para-hydroxylation sites is 1. The number of fused-ring (bicyclic) bond motifs is 1. The number of aromatic nitrogens is 1. The molecule has 7 heteroatoms. The van der Waals surface area contributed by atoms with Gasteiger partial charge in [-0.05, 0) is 42.0 Å². The smallest absolute Gasteiger partial charge is 0.347 e. The van der Waals surface area contributed by atoms with E-state index in [1.807, 2.05) is 30.3 Å². The molecule has 0 spiro atoms. The molecule has 0 radical (unpaired) electrons. The summed E-state index contributed by atoms with van der Waals surface area (Å²) >= 11 is 7.62. The molecule has 3 aromatic carbocycles. The zero-order chi connectivity index (χ0) is 20.9. The van der Waals surface area contributed by atoms with Crippen LogP contribution >= 0.6 is 23.4 Å². The van der Waals surface area contributed by atoms with E-state index in [-0.39, 0.29) is 11.8 Å². The summed E-state index contributed by atoms with van der Waals surface area (Å²) in [6, 6.07) is 21.7. The lowest BCUT2D eigenvalue weighted by Crippen LogP contribution is -2.14. The predicted molar refractivity (Wildman–Crippen MR) is 122 cm³/mol. The molecule has 5 nitrogen and oxygen atoms in total. The van der Waals surface area contributed by atoms with Gasteiger partial charge in [-0.3, -0.25) is 4.79 Å². The van der Waals surface area contributed by atoms with E-state index in [0.717, 1.165) is 5.56 Å². The number of nitrogens with zero attached hydrogens (tertiary/aromatic N) is 1. The third-order valence-corrected chi connectivity index (χ3v) is 5.73. The number of anilines is 1. The maximum absolute atomic E-state index is 12.3. The van der Waals surface area contributed by atoms with E-state index in [1.54, 1.807) is 42.5 Å². The van der Waals surface area contributed by atoms with Gasteiger partial charge >= 0.3 is 5.63 Å². The van der Waals surface area contributed by atoms with Crippen molar-refractivity contribution in [3.63, 3.8) is 0 Å². The number of nitrogens with one attached hydrogen (secondary N) is 1. The van der Waals surface area contributed by atoms with Gasteiger partial charge in [-0.1, -0.05) is 48.0 Å². The van der Waals surface area contributed by atoms with E-state index in [9.17, 15) is 9.59 Å². The number of amides is 1. The van der Waals surface area contributed by atoms with Crippen LogP contribution in [0.1, 0.15) is 5.56 Å². The molecule has 1 amide bonds. The Hall–Kier alpha value is -3.09. The predicted octanol–water partition coefficient (Wildman–Crippen LogP) is 5.38. The number of hydrogen-bond acceptors (Lipinski definition) is 5. The summed E-state index contributed by atoms with van der Waals surface area (Å²) < 4.78 is 5.37. The van der Waals surface area contributed by atoms with Gasteiger partial charge in [0.2, 0.25) is 11.8 Å². The molecular weight excluding hydrogens is 420 g/mol. The monoisotopic (exact) mass is 436 g/mol. The Kier molecular flexibility index (Phi) is 6.16. The minimum Gasteiger partial charge on any atom is -0.403 e. The van der Waals surface area contributed by atoms with E-state index in [4.69, 9.17) is 16.0 Å². The molecule has 4 aromatic rings. The van der Waals surface area contributed by atoms with Crippen LogP contribution in [-0.4, -0.2) is 16.6 Å². The van der Waals surface area contributed by atoms with Crippen molar-refractivity contribution in [3.05, 3.63) is 93.8 Å². The molecule has 4 rings (SSSR count). The van der Waals surface area contributed by atoms with E-state index in [1.165, 1.54) is 11.8 Å². The quantitative estimate of drug-likeness (QED) is 0.439. The number of benzene rings is 3. The third-order valence-electron chi connectivity index (χ3n) is 4.38. The first-order valence-electron chi connectivity index (χ1n) is 9.21. The van der Waals surface area contributed by atoms with Crippen molar-refractivity contribution in [1.29, 1.82) is 0 Å².